The molecule has 92 valence electrons. The molecule has 0 atom stereocenters. The Morgan fingerprint density at radius 1 is 1.18 bits per heavy atom. The molecule has 0 aliphatic carbocycles. The summed E-state index contributed by atoms with van der Waals surface area (Å²) < 4.78 is 25.4. The van der Waals surface area contributed by atoms with Crippen LogP contribution in [0.4, 0.5) is 14.5 Å². The molecule has 0 radical (unpaired) electrons. The molecular formula is C10H9ClF2N2O2. The second-order valence-electron chi connectivity index (χ2n) is 3.09. The lowest BCUT2D eigenvalue weighted by Gasteiger charge is -2.06. The van der Waals surface area contributed by atoms with Crippen LogP contribution >= 0.6 is 11.6 Å². The van der Waals surface area contributed by atoms with E-state index in [0.717, 1.165) is 12.1 Å². The van der Waals surface area contributed by atoms with Crippen LogP contribution in [0.2, 0.25) is 0 Å². The molecule has 0 bridgehead atoms. The molecule has 1 aromatic rings. The summed E-state index contributed by atoms with van der Waals surface area (Å²) in [7, 11) is 0. The first-order chi connectivity index (χ1) is 8.02. The summed E-state index contributed by atoms with van der Waals surface area (Å²) in [6.45, 7) is -0.287. The van der Waals surface area contributed by atoms with Gasteiger partial charge in [0.1, 0.15) is 5.88 Å². The molecule has 1 rings (SSSR count). The number of nitrogens with one attached hydrogen (secondary N) is 2. The van der Waals surface area contributed by atoms with Gasteiger partial charge in [-0.1, -0.05) is 0 Å². The van der Waals surface area contributed by atoms with Crippen LogP contribution in [0.5, 0.6) is 0 Å². The molecule has 0 spiro atoms. The Morgan fingerprint density at radius 2 is 1.88 bits per heavy atom. The molecule has 1 aromatic carbocycles. The Labute approximate surface area is 101 Å². The summed E-state index contributed by atoms with van der Waals surface area (Å²) >= 11 is 5.20. The Hall–Kier alpha value is -1.69. The number of alkyl halides is 1. The second-order valence-corrected chi connectivity index (χ2v) is 3.35. The van der Waals surface area contributed by atoms with Gasteiger partial charge in [-0.15, -0.1) is 11.6 Å². The van der Waals surface area contributed by atoms with E-state index >= 15 is 0 Å². The second kappa shape index (κ2) is 6.15. The van der Waals surface area contributed by atoms with Gasteiger partial charge < -0.3 is 10.6 Å². The fourth-order valence-corrected chi connectivity index (χ4v) is 1.10. The fourth-order valence-electron chi connectivity index (χ4n) is 1.01. The van der Waals surface area contributed by atoms with E-state index in [1.54, 1.807) is 0 Å². The molecule has 0 saturated heterocycles. The SMILES string of the molecule is O=C(CCl)NCC(=O)Nc1ccc(F)c(F)c1. The van der Waals surface area contributed by atoms with Crippen molar-refractivity contribution in [1.29, 1.82) is 0 Å². The van der Waals surface area contributed by atoms with Gasteiger partial charge in [0.25, 0.3) is 0 Å². The highest BCUT2D eigenvalue weighted by atomic mass is 35.5. The van der Waals surface area contributed by atoms with E-state index in [0.29, 0.717) is 0 Å². The number of anilines is 1. The summed E-state index contributed by atoms with van der Waals surface area (Å²) in [6.07, 6.45) is 0. The third-order valence-electron chi connectivity index (χ3n) is 1.77. The first-order valence-corrected chi connectivity index (χ1v) is 5.14. The zero-order chi connectivity index (χ0) is 12.8. The number of halogens is 3. The maximum atomic E-state index is 12.8. The predicted octanol–water partition coefficient (Wildman–Crippen LogP) is 1.26. The molecule has 7 heteroatoms. The number of rotatable bonds is 4. The van der Waals surface area contributed by atoms with Gasteiger partial charge in [0.05, 0.1) is 6.54 Å². The van der Waals surface area contributed by atoms with E-state index in [2.05, 4.69) is 10.6 Å². The molecule has 0 saturated carbocycles. The number of hydrogen-bond donors (Lipinski definition) is 2. The maximum Gasteiger partial charge on any atom is 0.243 e. The highest BCUT2D eigenvalue weighted by Gasteiger charge is 2.07. The standard InChI is InChI=1S/C10H9ClF2N2O2/c11-4-9(16)14-5-10(17)15-6-1-2-7(12)8(13)3-6/h1-3H,4-5H2,(H,14,16)(H,15,17). The quantitative estimate of drug-likeness (QED) is 0.803. The van der Waals surface area contributed by atoms with Crippen molar-refractivity contribution in [2.75, 3.05) is 17.7 Å². The monoisotopic (exact) mass is 262 g/mol. The largest absolute Gasteiger partial charge is 0.346 e. The normalized spacial score (nSPS) is 9.82. The number of hydrogen-bond acceptors (Lipinski definition) is 2. The van der Waals surface area contributed by atoms with E-state index in [1.165, 1.54) is 6.07 Å². The van der Waals surface area contributed by atoms with Gasteiger partial charge in [-0.25, -0.2) is 8.78 Å². The molecule has 0 aliphatic rings. The highest BCUT2D eigenvalue weighted by Crippen LogP contribution is 2.12. The number of carbonyl (C=O) groups is 2. The molecular weight excluding hydrogens is 254 g/mol. The van der Waals surface area contributed by atoms with Crippen molar-refractivity contribution in [3.05, 3.63) is 29.8 Å². The minimum absolute atomic E-state index is 0.106. The summed E-state index contributed by atoms with van der Waals surface area (Å²) in [5.41, 5.74) is 0.106. The van der Waals surface area contributed by atoms with Crippen molar-refractivity contribution in [1.82, 2.24) is 5.32 Å². The van der Waals surface area contributed by atoms with Crippen LogP contribution in [-0.4, -0.2) is 24.2 Å². The maximum absolute atomic E-state index is 12.8. The van der Waals surface area contributed by atoms with Crippen LogP contribution in [0.15, 0.2) is 18.2 Å². The lowest BCUT2D eigenvalue weighted by Crippen LogP contribution is -2.33. The minimum atomic E-state index is -1.06. The molecule has 0 fully saturated rings. The third kappa shape index (κ3) is 4.36. The zero-order valence-corrected chi connectivity index (χ0v) is 9.35. The van der Waals surface area contributed by atoms with Gasteiger partial charge in [-0.2, -0.15) is 0 Å². The van der Waals surface area contributed by atoms with Gasteiger partial charge in [-0.3, -0.25) is 9.59 Å². The fraction of sp³-hybridized carbons (Fsp3) is 0.200. The molecule has 0 aliphatic heterocycles. The van der Waals surface area contributed by atoms with Crippen molar-refractivity contribution >= 4 is 29.1 Å². The lowest BCUT2D eigenvalue weighted by molar-refractivity contribution is -0.122. The molecule has 2 amide bonds. The first-order valence-electron chi connectivity index (χ1n) is 4.60. The number of carbonyl (C=O) groups excluding carboxylic acids is 2. The van der Waals surface area contributed by atoms with Gasteiger partial charge >= 0.3 is 0 Å². The predicted molar refractivity (Wildman–Crippen MR) is 58.7 cm³/mol. The summed E-state index contributed by atoms with van der Waals surface area (Å²) in [5.74, 6) is -3.37. The van der Waals surface area contributed by atoms with E-state index in [1.807, 2.05) is 0 Å². The minimum Gasteiger partial charge on any atom is -0.346 e. The zero-order valence-electron chi connectivity index (χ0n) is 8.60. The molecule has 17 heavy (non-hydrogen) atoms. The topological polar surface area (TPSA) is 58.2 Å². The van der Waals surface area contributed by atoms with E-state index < -0.39 is 23.4 Å². The number of benzene rings is 1. The average molecular weight is 263 g/mol. The third-order valence-corrected chi connectivity index (χ3v) is 2.01. The van der Waals surface area contributed by atoms with Crippen molar-refractivity contribution in [3.8, 4) is 0 Å². The van der Waals surface area contributed by atoms with Crippen LogP contribution in [-0.2, 0) is 9.59 Å². The molecule has 0 heterocycles. The number of amides is 2. The smallest absolute Gasteiger partial charge is 0.243 e. The average Bonchev–Trinajstić information content (AvgIpc) is 2.31. The van der Waals surface area contributed by atoms with Crippen molar-refractivity contribution in [2.45, 2.75) is 0 Å². The van der Waals surface area contributed by atoms with Crippen LogP contribution in [0.3, 0.4) is 0 Å². The van der Waals surface area contributed by atoms with Gasteiger partial charge in [0.2, 0.25) is 11.8 Å². The van der Waals surface area contributed by atoms with E-state index in [9.17, 15) is 18.4 Å². The van der Waals surface area contributed by atoms with Gasteiger partial charge in [0, 0.05) is 11.8 Å². The Morgan fingerprint density at radius 3 is 2.47 bits per heavy atom. The highest BCUT2D eigenvalue weighted by molar-refractivity contribution is 6.27. The molecule has 4 nitrogen and oxygen atoms in total. The Bertz CT molecular complexity index is 440. The van der Waals surface area contributed by atoms with Crippen molar-refractivity contribution in [2.24, 2.45) is 0 Å². The van der Waals surface area contributed by atoms with E-state index in [4.69, 9.17) is 11.6 Å². The Balaban J connectivity index is 2.50. The van der Waals surface area contributed by atoms with Crippen LogP contribution in [0.1, 0.15) is 0 Å². The van der Waals surface area contributed by atoms with Crippen molar-refractivity contribution < 1.29 is 18.4 Å². The van der Waals surface area contributed by atoms with Crippen LogP contribution in [0, 0.1) is 11.6 Å². The first kappa shape index (κ1) is 13.4. The summed E-state index contributed by atoms with van der Waals surface area (Å²) in [5, 5.41) is 4.51. The summed E-state index contributed by atoms with van der Waals surface area (Å²) in [4.78, 5) is 22.0. The lowest BCUT2D eigenvalue weighted by atomic mass is 10.3. The molecule has 0 aromatic heterocycles. The van der Waals surface area contributed by atoms with Crippen molar-refractivity contribution in [3.63, 3.8) is 0 Å². The van der Waals surface area contributed by atoms with Gasteiger partial charge in [0.15, 0.2) is 11.6 Å². The molecule has 2 N–H and O–H groups in total. The van der Waals surface area contributed by atoms with E-state index in [-0.39, 0.29) is 18.1 Å². The van der Waals surface area contributed by atoms with Crippen LogP contribution in [0.25, 0.3) is 0 Å². The Kier molecular flexibility index (Phi) is 4.84. The van der Waals surface area contributed by atoms with Crippen LogP contribution < -0.4 is 10.6 Å². The van der Waals surface area contributed by atoms with Gasteiger partial charge in [-0.05, 0) is 12.1 Å². The molecule has 0 unspecified atom stereocenters. The summed E-state index contributed by atoms with van der Waals surface area (Å²) in [6, 6.07) is 2.94.